The van der Waals surface area contributed by atoms with Gasteiger partial charge in [0.05, 0.1) is 37.0 Å². The lowest BCUT2D eigenvalue weighted by atomic mass is 10.2. The molecule has 1 atom stereocenters. The van der Waals surface area contributed by atoms with Gasteiger partial charge < -0.3 is 24.4 Å². The molecule has 2 heterocycles. The molecule has 1 saturated heterocycles. The van der Waals surface area contributed by atoms with E-state index < -0.39 is 5.82 Å². The molecule has 0 bridgehead atoms. The second kappa shape index (κ2) is 13.2. The van der Waals surface area contributed by atoms with Crippen molar-refractivity contribution in [3.63, 3.8) is 0 Å². The second-order valence-electron chi connectivity index (χ2n) is 8.98. The Morgan fingerprint density at radius 3 is 2.78 bits per heavy atom. The van der Waals surface area contributed by atoms with E-state index in [9.17, 15) is 4.39 Å². The van der Waals surface area contributed by atoms with Crippen molar-refractivity contribution in [2.75, 3.05) is 64.9 Å². The number of anilines is 2. The van der Waals surface area contributed by atoms with Crippen LogP contribution >= 0.6 is 11.6 Å². The number of morpholine rings is 1. The van der Waals surface area contributed by atoms with Crippen molar-refractivity contribution in [1.29, 1.82) is 0 Å². The molecule has 0 unspecified atom stereocenters. The fraction of sp³-hybridized carbons (Fsp3) is 0.481. The van der Waals surface area contributed by atoms with E-state index in [2.05, 4.69) is 38.9 Å². The van der Waals surface area contributed by atoms with Gasteiger partial charge in [0.15, 0.2) is 11.5 Å². The van der Waals surface area contributed by atoms with E-state index in [1.54, 1.807) is 13.2 Å². The number of benzene rings is 2. The van der Waals surface area contributed by atoms with Crippen LogP contribution in [0.15, 0.2) is 36.7 Å². The van der Waals surface area contributed by atoms with E-state index in [4.69, 9.17) is 25.8 Å². The van der Waals surface area contributed by atoms with E-state index >= 15 is 0 Å². The zero-order valence-corrected chi connectivity index (χ0v) is 22.4. The summed E-state index contributed by atoms with van der Waals surface area (Å²) < 4.78 is 31.3. The molecular formula is C27H35ClFN5O3. The molecule has 0 radical (unpaired) electrons. The van der Waals surface area contributed by atoms with Gasteiger partial charge in [0, 0.05) is 43.3 Å². The molecule has 0 amide bonds. The van der Waals surface area contributed by atoms with Crippen molar-refractivity contribution in [3.05, 3.63) is 47.5 Å². The normalized spacial score (nSPS) is 16.3. The van der Waals surface area contributed by atoms with E-state index in [1.165, 1.54) is 18.5 Å². The average Bonchev–Trinajstić information content (AvgIpc) is 2.92. The first-order valence-corrected chi connectivity index (χ1v) is 13.1. The van der Waals surface area contributed by atoms with Gasteiger partial charge in [-0.2, -0.15) is 0 Å². The van der Waals surface area contributed by atoms with Crippen molar-refractivity contribution >= 4 is 34.0 Å². The Morgan fingerprint density at radius 1 is 1.19 bits per heavy atom. The largest absolute Gasteiger partial charge is 0.493 e. The summed E-state index contributed by atoms with van der Waals surface area (Å²) in [6.07, 6.45) is 2.59. The number of ether oxygens (including phenoxy) is 3. The Labute approximate surface area is 222 Å². The smallest absolute Gasteiger partial charge is 0.162 e. The number of halogens is 2. The third kappa shape index (κ3) is 7.19. The topological polar surface area (TPSA) is 72.0 Å². The molecule has 37 heavy (non-hydrogen) atoms. The molecule has 3 aromatic rings. The molecule has 4 rings (SSSR count). The van der Waals surface area contributed by atoms with Crippen LogP contribution in [-0.4, -0.2) is 85.5 Å². The Hall–Kier alpha value is -2.72. The lowest BCUT2D eigenvalue weighted by molar-refractivity contribution is -0.0430. The summed E-state index contributed by atoms with van der Waals surface area (Å²) in [5.41, 5.74) is 1.32. The molecule has 2 aromatic carbocycles. The molecule has 1 aromatic heterocycles. The van der Waals surface area contributed by atoms with Gasteiger partial charge in [-0.05, 0) is 43.8 Å². The Balaban J connectivity index is 1.39. The van der Waals surface area contributed by atoms with Crippen LogP contribution in [-0.2, 0) is 4.74 Å². The van der Waals surface area contributed by atoms with Gasteiger partial charge in [0.2, 0.25) is 0 Å². The van der Waals surface area contributed by atoms with E-state index in [0.717, 1.165) is 57.7 Å². The summed E-state index contributed by atoms with van der Waals surface area (Å²) in [4.78, 5) is 13.6. The predicted molar refractivity (Wildman–Crippen MR) is 145 cm³/mol. The molecule has 200 valence electrons. The summed E-state index contributed by atoms with van der Waals surface area (Å²) in [5.74, 6) is 1.31. The first kappa shape index (κ1) is 27.3. The van der Waals surface area contributed by atoms with Crippen molar-refractivity contribution in [2.24, 2.45) is 0 Å². The van der Waals surface area contributed by atoms with Gasteiger partial charge in [0.25, 0.3) is 0 Å². The summed E-state index contributed by atoms with van der Waals surface area (Å²) in [6.45, 7) is 11.5. The number of rotatable bonds is 12. The number of methoxy groups -OCH3 is 1. The number of aromatic nitrogens is 2. The number of likely N-dealkylation sites (N-methyl/N-ethyl adjacent to an activating group) is 1. The van der Waals surface area contributed by atoms with Crippen LogP contribution in [0.25, 0.3) is 10.9 Å². The monoisotopic (exact) mass is 531 g/mol. The van der Waals surface area contributed by atoms with Gasteiger partial charge in [-0.25, -0.2) is 14.4 Å². The summed E-state index contributed by atoms with van der Waals surface area (Å²) in [5, 5.41) is 3.99. The van der Waals surface area contributed by atoms with E-state index in [-0.39, 0.29) is 11.1 Å². The maximum atomic E-state index is 13.6. The Kier molecular flexibility index (Phi) is 9.74. The van der Waals surface area contributed by atoms with Gasteiger partial charge in [-0.1, -0.05) is 25.4 Å². The number of fused-ring (bicyclic) bond motifs is 1. The summed E-state index contributed by atoms with van der Waals surface area (Å²) in [7, 11) is 1.61. The first-order valence-electron chi connectivity index (χ1n) is 12.7. The summed E-state index contributed by atoms with van der Waals surface area (Å²) in [6, 6.07) is 8.13. The molecular weight excluding hydrogens is 497 g/mol. The van der Waals surface area contributed by atoms with Crippen molar-refractivity contribution in [1.82, 2.24) is 19.8 Å². The summed E-state index contributed by atoms with van der Waals surface area (Å²) >= 11 is 5.94. The highest BCUT2D eigenvalue weighted by Crippen LogP contribution is 2.35. The van der Waals surface area contributed by atoms with Crippen LogP contribution < -0.4 is 14.8 Å². The van der Waals surface area contributed by atoms with Gasteiger partial charge >= 0.3 is 0 Å². The van der Waals surface area contributed by atoms with Crippen LogP contribution in [0.2, 0.25) is 5.02 Å². The Bertz CT molecular complexity index is 1180. The molecule has 1 aliphatic rings. The van der Waals surface area contributed by atoms with Crippen molar-refractivity contribution < 1.29 is 18.6 Å². The maximum Gasteiger partial charge on any atom is 0.162 e. The van der Waals surface area contributed by atoms with Crippen LogP contribution in [0.1, 0.15) is 20.3 Å². The first-order chi connectivity index (χ1) is 18.0. The second-order valence-corrected chi connectivity index (χ2v) is 9.38. The maximum absolute atomic E-state index is 13.6. The number of nitrogens with zero attached hydrogens (tertiary/aromatic N) is 4. The molecule has 10 heteroatoms. The predicted octanol–water partition coefficient (Wildman–Crippen LogP) is 4.99. The number of hydrogen-bond donors (Lipinski definition) is 1. The molecule has 1 aliphatic heterocycles. The highest BCUT2D eigenvalue weighted by Gasteiger charge is 2.22. The fourth-order valence-corrected chi connectivity index (χ4v) is 4.66. The molecule has 1 N–H and O–H groups in total. The molecule has 0 saturated carbocycles. The van der Waals surface area contributed by atoms with Crippen LogP contribution in [0.5, 0.6) is 11.5 Å². The lowest BCUT2D eigenvalue weighted by Gasteiger charge is -2.35. The third-order valence-electron chi connectivity index (χ3n) is 6.56. The SMILES string of the molecule is CCN(CC)C[C@H]1CN(CCCOc2cc3c(Nc4ccc(F)c(Cl)c4)ncnc3cc2OC)CCO1. The average molecular weight is 532 g/mol. The quantitative estimate of drug-likeness (QED) is 0.328. The molecule has 8 nitrogen and oxygen atoms in total. The Morgan fingerprint density at radius 2 is 2.03 bits per heavy atom. The van der Waals surface area contributed by atoms with Crippen molar-refractivity contribution in [3.8, 4) is 11.5 Å². The zero-order chi connectivity index (χ0) is 26.2. The van der Waals surface area contributed by atoms with Crippen LogP contribution in [0.4, 0.5) is 15.9 Å². The van der Waals surface area contributed by atoms with Gasteiger partial charge in [-0.3, -0.25) is 4.90 Å². The number of nitrogens with one attached hydrogen (secondary N) is 1. The van der Waals surface area contributed by atoms with Gasteiger partial charge in [0.1, 0.15) is 18.0 Å². The van der Waals surface area contributed by atoms with Crippen molar-refractivity contribution in [2.45, 2.75) is 26.4 Å². The molecule has 0 aliphatic carbocycles. The fourth-order valence-electron chi connectivity index (χ4n) is 4.48. The minimum atomic E-state index is -0.475. The zero-order valence-electron chi connectivity index (χ0n) is 21.7. The van der Waals surface area contributed by atoms with E-state index in [0.29, 0.717) is 35.1 Å². The highest BCUT2D eigenvalue weighted by molar-refractivity contribution is 6.31. The standard InChI is InChI=1S/C27H35ClFN5O3/c1-4-33(5-2)16-20-17-34(10-12-36-20)9-6-11-37-26-14-21-24(15-25(26)35-3)30-18-31-27(21)32-19-7-8-23(29)22(28)13-19/h7-8,13-15,18,20H,4-6,9-12,16-17H2,1-3H3,(H,30,31,32)/t20-/m0/s1. The minimum Gasteiger partial charge on any atom is -0.493 e. The lowest BCUT2D eigenvalue weighted by Crippen LogP contribution is -2.47. The number of hydrogen-bond acceptors (Lipinski definition) is 8. The minimum absolute atomic E-state index is 0.0358. The van der Waals surface area contributed by atoms with Crippen LogP contribution in [0, 0.1) is 5.82 Å². The van der Waals surface area contributed by atoms with Gasteiger partial charge in [-0.15, -0.1) is 0 Å². The molecule has 1 fully saturated rings. The van der Waals surface area contributed by atoms with E-state index in [1.807, 2.05) is 12.1 Å². The molecule has 0 spiro atoms. The third-order valence-corrected chi connectivity index (χ3v) is 6.85. The highest BCUT2D eigenvalue weighted by atomic mass is 35.5. The van der Waals surface area contributed by atoms with Crippen LogP contribution in [0.3, 0.4) is 0 Å².